The van der Waals surface area contributed by atoms with Crippen molar-refractivity contribution in [3.63, 3.8) is 0 Å². The van der Waals surface area contributed by atoms with E-state index < -0.39 is 33.9 Å². The molecule has 0 radical (unpaired) electrons. The van der Waals surface area contributed by atoms with Gasteiger partial charge in [0.2, 0.25) is 6.04 Å². The fraction of sp³-hybridized carbons (Fsp3) is 0.190. The first-order valence-electron chi connectivity index (χ1n) is 9.83. The number of Topliss-reactive ketones (excluding diaryl/α,β-unsaturated/α-hetero) is 1. The molecule has 1 heterocycles. The highest BCUT2D eigenvalue weighted by atomic mass is 32.2. The fourth-order valence-corrected chi connectivity index (χ4v) is 4.04. The Hall–Kier alpha value is -3.90. The van der Waals surface area contributed by atoms with E-state index in [-0.39, 0.29) is 10.6 Å². The van der Waals surface area contributed by atoms with E-state index in [9.17, 15) is 27.4 Å². The molecule has 170 valence electrons. The van der Waals surface area contributed by atoms with Gasteiger partial charge in [-0.1, -0.05) is 24.3 Å². The standard InChI is InChI=1S/C21H19N5O6S/c1-11(27)19(20(28)22-13-5-8-17-18(10-13)24-21(29)23-17)26-25-16-4-2-3-12-9-14(33(30,31)32)6-7-15(12)16/h2-9,13,19H,10H2,1H3,(H,22,28)(H2,23,24,29)(H,30,31,32). The van der Waals surface area contributed by atoms with Gasteiger partial charge in [0.25, 0.3) is 16.0 Å². The van der Waals surface area contributed by atoms with Gasteiger partial charge in [0, 0.05) is 17.5 Å². The molecule has 2 atom stereocenters. The Morgan fingerprint density at radius 3 is 2.73 bits per heavy atom. The normalized spacial score (nSPS) is 16.6. The minimum Gasteiger partial charge on any atom is -0.347 e. The van der Waals surface area contributed by atoms with Crippen LogP contribution in [-0.2, 0) is 26.1 Å². The Morgan fingerprint density at radius 2 is 2.00 bits per heavy atom. The van der Waals surface area contributed by atoms with Gasteiger partial charge in [-0.3, -0.25) is 14.1 Å². The Bertz CT molecular complexity index is 1480. The van der Waals surface area contributed by atoms with Crippen molar-refractivity contribution in [2.24, 2.45) is 10.2 Å². The van der Waals surface area contributed by atoms with Gasteiger partial charge in [0.1, 0.15) is 0 Å². The van der Waals surface area contributed by atoms with Crippen LogP contribution in [0.15, 0.2) is 62.4 Å². The predicted octanol–water partition coefficient (Wildman–Crippen LogP) is 1.90. The topological polar surface area (TPSA) is 174 Å². The van der Waals surface area contributed by atoms with E-state index in [0.29, 0.717) is 34.3 Å². The van der Waals surface area contributed by atoms with Crippen molar-refractivity contribution in [1.29, 1.82) is 0 Å². The van der Waals surface area contributed by atoms with Crippen molar-refractivity contribution in [1.82, 2.24) is 15.3 Å². The second kappa shape index (κ2) is 8.56. The van der Waals surface area contributed by atoms with Crippen LogP contribution in [0, 0.1) is 0 Å². The van der Waals surface area contributed by atoms with Crippen LogP contribution < -0.4 is 11.0 Å². The number of amides is 1. The summed E-state index contributed by atoms with van der Waals surface area (Å²) in [5.41, 5.74) is 1.27. The summed E-state index contributed by atoms with van der Waals surface area (Å²) in [6.45, 7) is 1.23. The molecule has 0 aliphatic heterocycles. The lowest BCUT2D eigenvalue weighted by atomic mass is 10.0. The molecular formula is C21H19N5O6S. The number of benzene rings is 2. The van der Waals surface area contributed by atoms with Crippen molar-refractivity contribution >= 4 is 44.3 Å². The van der Waals surface area contributed by atoms with Gasteiger partial charge in [-0.15, -0.1) is 0 Å². The van der Waals surface area contributed by atoms with Gasteiger partial charge in [0.15, 0.2) is 5.78 Å². The summed E-state index contributed by atoms with van der Waals surface area (Å²) in [7, 11) is -4.37. The maximum atomic E-state index is 12.7. The highest BCUT2D eigenvalue weighted by Gasteiger charge is 2.26. The predicted molar refractivity (Wildman–Crippen MR) is 119 cm³/mol. The zero-order valence-corrected chi connectivity index (χ0v) is 18.1. The monoisotopic (exact) mass is 469 g/mol. The number of hydrogen-bond acceptors (Lipinski definition) is 7. The summed E-state index contributed by atoms with van der Waals surface area (Å²) >= 11 is 0. The van der Waals surface area contributed by atoms with Crippen LogP contribution in [0.2, 0.25) is 0 Å². The van der Waals surface area contributed by atoms with E-state index in [2.05, 4.69) is 25.5 Å². The summed E-state index contributed by atoms with van der Waals surface area (Å²) in [4.78, 5) is 41.2. The highest BCUT2D eigenvalue weighted by Crippen LogP contribution is 2.28. The Kier molecular flexibility index (Phi) is 5.78. The van der Waals surface area contributed by atoms with Crippen LogP contribution >= 0.6 is 0 Å². The molecule has 0 fully saturated rings. The van der Waals surface area contributed by atoms with Gasteiger partial charge in [-0.2, -0.15) is 18.6 Å². The molecule has 0 saturated carbocycles. The molecular weight excluding hydrogens is 450 g/mol. The van der Waals surface area contributed by atoms with E-state index in [1.165, 1.54) is 25.1 Å². The number of imidazole rings is 1. The molecule has 2 aromatic carbocycles. The maximum absolute atomic E-state index is 12.7. The minimum atomic E-state index is -4.37. The number of azo groups is 1. The number of ketones is 1. The third kappa shape index (κ3) is 4.81. The molecule has 0 saturated heterocycles. The molecule has 3 aromatic rings. The summed E-state index contributed by atoms with van der Waals surface area (Å²) in [5.74, 6) is -1.16. The number of fused-ring (bicyclic) bond motifs is 2. The number of rotatable bonds is 6. The van der Waals surface area contributed by atoms with E-state index in [4.69, 9.17) is 0 Å². The highest BCUT2D eigenvalue weighted by molar-refractivity contribution is 7.85. The molecule has 1 aliphatic carbocycles. The fourth-order valence-electron chi connectivity index (χ4n) is 3.53. The SMILES string of the molecule is CC(=O)C(N=Nc1cccc2cc(S(=O)(=O)O)ccc12)C(=O)NC1C=Cc2[nH]c(=O)[nH]c2C1. The van der Waals surface area contributed by atoms with Crippen molar-refractivity contribution < 1.29 is 22.6 Å². The molecule has 4 rings (SSSR count). The van der Waals surface area contributed by atoms with Crippen LogP contribution in [0.5, 0.6) is 0 Å². The number of carbonyl (C=O) groups excluding carboxylic acids is 2. The van der Waals surface area contributed by atoms with E-state index in [1.54, 1.807) is 30.4 Å². The first-order chi connectivity index (χ1) is 15.6. The number of hydrogen-bond donors (Lipinski definition) is 4. The molecule has 4 N–H and O–H groups in total. The van der Waals surface area contributed by atoms with Crippen LogP contribution in [-0.4, -0.2) is 46.7 Å². The summed E-state index contributed by atoms with van der Waals surface area (Å²) in [5, 5.41) is 11.7. The minimum absolute atomic E-state index is 0.266. The van der Waals surface area contributed by atoms with Gasteiger partial charge < -0.3 is 15.3 Å². The molecule has 0 spiro atoms. The quantitative estimate of drug-likeness (QED) is 0.244. The molecule has 2 unspecified atom stereocenters. The number of nitrogens with one attached hydrogen (secondary N) is 3. The van der Waals surface area contributed by atoms with Crippen molar-refractivity contribution in [2.75, 3.05) is 0 Å². The third-order valence-corrected chi connectivity index (χ3v) is 5.98. The van der Waals surface area contributed by atoms with Gasteiger partial charge >= 0.3 is 5.69 Å². The zero-order chi connectivity index (χ0) is 23.8. The summed E-state index contributed by atoms with van der Waals surface area (Å²) in [6, 6.07) is 6.97. The molecule has 1 amide bonds. The Labute approximate surface area is 187 Å². The van der Waals surface area contributed by atoms with Crippen molar-refractivity contribution in [3.8, 4) is 0 Å². The van der Waals surface area contributed by atoms with Crippen LogP contribution in [0.1, 0.15) is 18.3 Å². The zero-order valence-electron chi connectivity index (χ0n) is 17.3. The lowest BCUT2D eigenvalue weighted by Crippen LogP contribution is -2.44. The molecule has 12 heteroatoms. The molecule has 1 aliphatic rings. The first-order valence-corrected chi connectivity index (χ1v) is 11.3. The Balaban J connectivity index is 1.55. The lowest BCUT2D eigenvalue weighted by molar-refractivity contribution is -0.129. The maximum Gasteiger partial charge on any atom is 0.323 e. The number of H-pyrrole nitrogens is 2. The smallest absolute Gasteiger partial charge is 0.323 e. The summed E-state index contributed by atoms with van der Waals surface area (Å²) < 4.78 is 32.0. The largest absolute Gasteiger partial charge is 0.347 e. The average Bonchev–Trinajstić information content (AvgIpc) is 3.12. The average molecular weight is 469 g/mol. The number of aromatic amines is 2. The van der Waals surface area contributed by atoms with Crippen LogP contribution in [0.25, 0.3) is 16.8 Å². The van der Waals surface area contributed by atoms with Crippen LogP contribution in [0.4, 0.5) is 5.69 Å². The van der Waals surface area contributed by atoms with Gasteiger partial charge in [-0.25, -0.2) is 4.79 Å². The van der Waals surface area contributed by atoms with Gasteiger partial charge in [-0.05, 0) is 36.6 Å². The van der Waals surface area contributed by atoms with Crippen LogP contribution in [0.3, 0.4) is 0 Å². The number of nitrogens with zero attached hydrogens (tertiary/aromatic N) is 2. The third-order valence-electron chi connectivity index (χ3n) is 5.13. The van der Waals surface area contributed by atoms with Crippen molar-refractivity contribution in [3.05, 3.63) is 64.3 Å². The Morgan fingerprint density at radius 1 is 1.21 bits per heavy atom. The van der Waals surface area contributed by atoms with E-state index in [0.717, 1.165) is 0 Å². The second-order valence-corrected chi connectivity index (χ2v) is 8.94. The molecule has 11 nitrogen and oxygen atoms in total. The molecule has 1 aromatic heterocycles. The number of carbonyl (C=O) groups is 2. The van der Waals surface area contributed by atoms with E-state index >= 15 is 0 Å². The summed E-state index contributed by atoms with van der Waals surface area (Å²) in [6.07, 6.45) is 3.72. The van der Waals surface area contributed by atoms with Gasteiger partial charge in [0.05, 0.1) is 22.3 Å². The second-order valence-electron chi connectivity index (χ2n) is 7.51. The number of aromatic nitrogens is 2. The van der Waals surface area contributed by atoms with E-state index in [1.807, 2.05) is 0 Å². The first kappa shape index (κ1) is 22.3. The molecule has 0 bridgehead atoms. The lowest BCUT2D eigenvalue weighted by Gasteiger charge is -2.19. The molecule has 33 heavy (non-hydrogen) atoms. The van der Waals surface area contributed by atoms with Crippen molar-refractivity contribution in [2.45, 2.75) is 30.3 Å².